The number of rotatable bonds is 1. The third kappa shape index (κ3) is 1.86. The van der Waals surface area contributed by atoms with E-state index in [0.29, 0.717) is 12.0 Å². The van der Waals surface area contributed by atoms with Crippen LogP contribution in [-0.4, -0.2) is 35.6 Å². The Hall–Kier alpha value is -1.40. The van der Waals surface area contributed by atoms with Crippen molar-refractivity contribution in [3.8, 4) is 0 Å². The van der Waals surface area contributed by atoms with Crippen molar-refractivity contribution >= 4 is 33.3 Å². The van der Waals surface area contributed by atoms with E-state index in [4.69, 9.17) is 5.73 Å². The second kappa shape index (κ2) is 4.31. The number of aromatic nitrogens is 2. The molecular weight excluding hydrogens is 258 g/mol. The van der Waals surface area contributed by atoms with Crippen molar-refractivity contribution in [2.75, 3.05) is 30.3 Å². The zero-order chi connectivity index (χ0) is 12.8. The maximum Gasteiger partial charge on any atom is 0.222 e. The molecule has 0 bridgehead atoms. The first-order chi connectivity index (χ1) is 9.31. The maximum atomic E-state index is 5.84. The summed E-state index contributed by atoms with van der Waals surface area (Å²) in [6.45, 7) is 3.27. The van der Waals surface area contributed by atoms with Crippen molar-refractivity contribution in [2.45, 2.75) is 18.9 Å². The van der Waals surface area contributed by atoms with Gasteiger partial charge in [-0.05, 0) is 36.8 Å². The second-order valence-corrected chi connectivity index (χ2v) is 6.32. The molecule has 0 aromatic carbocycles. The first-order valence-corrected chi connectivity index (χ1v) is 7.68. The Labute approximate surface area is 115 Å². The van der Waals surface area contributed by atoms with Crippen molar-refractivity contribution in [2.24, 2.45) is 5.92 Å². The SMILES string of the molecule is Nc1nc(N2CC3CCCNC3C2)c2sccc2n1. The number of fused-ring (bicyclic) bond motifs is 2. The molecule has 2 unspecified atom stereocenters. The standard InChI is InChI=1S/C13H17N5S/c14-13-16-9-3-5-19-11(9)12(17-13)18-6-8-2-1-4-15-10(8)7-18/h3,5,8,10,15H,1-2,4,6-7H2,(H2,14,16,17). The lowest BCUT2D eigenvalue weighted by atomic mass is 9.94. The lowest BCUT2D eigenvalue weighted by Crippen LogP contribution is -2.40. The molecule has 2 aliphatic heterocycles. The minimum absolute atomic E-state index is 0.378. The fourth-order valence-electron chi connectivity index (χ4n) is 3.30. The largest absolute Gasteiger partial charge is 0.368 e. The van der Waals surface area contributed by atoms with E-state index >= 15 is 0 Å². The molecule has 6 heteroatoms. The van der Waals surface area contributed by atoms with Gasteiger partial charge in [-0.1, -0.05) is 0 Å². The van der Waals surface area contributed by atoms with Crippen LogP contribution in [0.1, 0.15) is 12.8 Å². The van der Waals surface area contributed by atoms with Crippen LogP contribution in [-0.2, 0) is 0 Å². The van der Waals surface area contributed by atoms with Crippen LogP contribution in [0.4, 0.5) is 11.8 Å². The summed E-state index contributed by atoms with van der Waals surface area (Å²) in [6.07, 6.45) is 2.61. The zero-order valence-electron chi connectivity index (χ0n) is 10.7. The van der Waals surface area contributed by atoms with Gasteiger partial charge in [0.25, 0.3) is 0 Å². The third-order valence-corrected chi connectivity index (χ3v) is 5.10. The highest BCUT2D eigenvalue weighted by Crippen LogP contribution is 2.34. The van der Waals surface area contributed by atoms with Gasteiger partial charge in [-0.15, -0.1) is 11.3 Å². The number of nitrogen functional groups attached to an aromatic ring is 1. The summed E-state index contributed by atoms with van der Waals surface area (Å²) in [6, 6.07) is 2.63. The first-order valence-electron chi connectivity index (χ1n) is 6.80. The van der Waals surface area contributed by atoms with Crippen LogP contribution >= 0.6 is 11.3 Å². The molecule has 3 N–H and O–H groups in total. The lowest BCUT2D eigenvalue weighted by Gasteiger charge is -2.24. The number of anilines is 2. The Balaban J connectivity index is 1.72. The molecule has 2 saturated heterocycles. The van der Waals surface area contributed by atoms with Gasteiger partial charge in [0.05, 0.1) is 10.2 Å². The number of nitrogens with one attached hydrogen (secondary N) is 1. The monoisotopic (exact) mass is 275 g/mol. The summed E-state index contributed by atoms with van der Waals surface area (Å²) < 4.78 is 1.16. The fraction of sp³-hybridized carbons (Fsp3) is 0.538. The van der Waals surface area contributed by atoms with Crippen molar-refractivity contribution in [1.82, 2.24) is 15.3 Å². The number of nitrogens with two attached hydrogens (primary N) is 1. The van der Waals surface area contributed by atoms with Crippen LogP contribution in [0.15, 0.2) is 11.4 Å². The van der Waals surface area contributed by atoms with Crippen molar-refractivity contribution in [3.05, 3.63) is 11.4 Å². The number of hydrogen-bond donors (Lipinski definition) is 2. The molecule has 0 radical (unpaired) electrons. The van der Waals surface area contributed by atoms with Crippen molar-refractivity contribution < 1.29 is 0 Å². The zero-order valence-corrected chi connectivity index (χ0v) is 11.5. The molecule has 2 aliphatic rings. The van der Waals surface area contributed by atoms with Gasteiger partial charge in [-0.2, -0.15) is 4.98 Å². The van der Waals surface area contributed by atoms with Gasteiger partial charge < -0.3 is 16.0 Å². The lowest BCUT2D eigenvalue weighted by molar-refractivity contribution is 0.340. The predicted molar refractivity (Wildman–Crippen MR) is 78.6 cm³/mol. The van der Waals surface area contributed by atoms with E-state index in [-0.39, 0.29) is 0 Å². The minimum Gasteiger partial charge on any atom is -0.368 e. The van der Waals surface area contributed by atoms with E-state index in [2.05, 4.69) is 25.6 Å². The Bertz CT molecular complexity index is 596. The summed E-state index contributed by atoms with van der Waals surface area (Å²) in [5, 5.41) is 5.68. The molecule has 100 valence electrons. The molecular formula is C13H17N5S. The molecule has 0 amide bonds. The average molecular weight is 275 g/mol. The number of hydrogen-bond acceptors (Lipinski definition) is 6. The molecule has 4 heterocycles. The highest BCUT2D eigenvalue weighted by molar-refractivity contribution is 7.17. The molecule has 0 aliphatic carbocycles. The number of nitrogens with zero attached hydrogens (tertiary/aromatic N) is 3. The van der Waals surface area contributed by atoms with Crippen LogP contribution in [0.25, 0.3) is 10.2 Å². The van der Waals surface area contributed by atoms with E-state index in [1.54, 1.807) is 11.3 Å². The molecule has 2 aromatic heterocycles. The van der Waals surface area contributed by atoms with Crippen LogP contribution < -0.4 is 16.0 Å². The third-order valence-electron chi connectivity index (χ3n) is 4.20. The van der Waals surface area contributed by atoms with Crippen molar-refractivity contribution in [3.63, 3.8) is 0 Å². The predicted octanol–water partition coefficient (Wildman–Crippen LogP) is 1.46. The topological polar surface area (TPSA) is 67.1 Å². The average Bonchev–Trinajstić information content (AvgIpc) is 3.03. The van der Waals surface area contributed by atoms with Crippen LogP contribution in [0, 0.1) is 5.92 Å². The van der Waals surface area contributed by atoms with Gasteiger partial charge >= 0.3 is 0 Å². The first kappa shape index (κ1) is 11.4. The van der Waals surface area contributed by atoms with E-state index in [9.17, 15) is 0 Å². The van der Waals surface area contributed by atoms with Gasteiger partial charge in [0.2, 0.25) is 5.95 Å². The minimum atomic E-state index is 0.378. The highest BCUT2D eigenvalue weighted by Gasteiger charge is 2.35. The molecule has 2 aromatic rings. The van der Waals surface area contributed by atoms with Crippen molar-refractivity contribution in [1.29, 1.82) is 0 Å². The van der Waals surface area contributed by atoms with Crippen LogP contribution in [0.2, 0.25) is 0 Å². The number of piperidine rings is 1. The smallest absolute Gasteiger partial charge is 0.222 e. The highest BCUT2D eigenvalue weighted by atomic mass is 32.1. The van der Waals surface area contributed by atoms with Gasteiger partial charge in [-0.25, -0.2) is 4.98 Å². The Morgan fingerprint density at radius 3 is 3.21 bits per heavy atom. The molecule has 0 spiro atoms. The van der Waals surface area contributed by atoms with E-state index < -0.39 is 0 Å². The summed E-state index contributed by atoms with van der Waals surface area (Å²) >= 11 is 1.70. The molecule has 0 saturated carbocycles. The van der Waals surface area contributed by atoms with Gasteiger partial charge in [-0.3, -0.25) is 0 Å². The van der Waals surface area contributed by atoms with Gasteiger partial charge in [0.1, 0.15) is 0 Å². The number of thiophene rings is 1. The van der Waals surface area contributed by atoms with E-state index in [1.807, 2.05) is 6.07 Å². The summed E-state index contributed by atoms with van der Waals surface area (Å²) in [5.74, 6) is 2.15. The van der Waals surface area contributed by atoms with Crippen LogP contribution in [0.3, 0.4) is 0 Å². The Morgan fingerprint density at radius 2 is 2.32 bits per heavy atom. The Morgan fingerprint density at radius 1 is 1.37 bits per heavy atom. The second-order valence-electron chi connectivity index (χ2n) is 5.41. The normalized spacial score (nSPS) is 26.8. The quantitative estimate of drug-likeness (QED) is 0.825. The summed E-state index contributed by atoms with van der Waals surface area (Å²) in [5.41, 5.74) is 6.81. The van der Waals surface area contributed by atoms with E-state index in [0.717, 1.165) is 41.6 Å². The van der Waals surface area contributed by atoms with Gasteiger partial charge in [0, 0.05) is 19.1 Å². The molecule has 2 fully saturated rings. The van der Waals surface area contributed by atoms with E-state index in [1.165, 1.54) is 12.8 Å². The van der Waals surface area contributed by atoms with Gasteiger partial charge in [0.15, 0.2) is 5.82 Å². The summed E-state index contributed by atoms with van der Waals surface area (Å²) in [4.78, 5) is 11.2. The Kier molecular flexibility index (Phi) is 2.60. The summed E-state index contributed by atoms with van der Waals surface area (Å²) in [7, 11) is 0. The molecule has 5 nitrogen and oxygen atoms in total. The van der Waals surface area contributed by atoms with Crippen LogP contribution in [0.5, 0.6) is 0 Å². The molecule has 4 rings (SSSR count). The maximum absolute atomic E-state index is 5.84. The molecule has 19 heavy (non-hydrogen) atoms. The molecule has 2 atom stereocenters. The fourth-order valence-corrected chi connectivity index (χ4v) is 4.15.